The Morgan fingerprint density at radius 1 is 1.48 bits per heavy atom. The number of rotatable bonds is 7. The standard InChI is InChI=1S/C13H17NO6S/c1-8(15)21-6-5-11(16)13(17)10-4-3-9(14(18)19)7-12(10)20-2/h3-4,7,11,13,16-17H,5-6H2,1-2H3. The summed E-state index contributed by atoms with van der Waals surface area (Å²) in [5.41, 5.74) is 0.104. The second-order valence-electron chi connectivity index (χ2n) is 4.32. The summed E-state index contributed by atoms with van der Waals surface area (Å²) in [6.45, 7) is 1.42. The van der Waals surface area contributed by atoms with Gasteiger partial charge in [-0.3, -0.25) is 14.9 Å². The molecular formula is C13H17NO6S. The number of hydrogen-bond donors (Lipinski definition) is 2. The SMILES string of the molecule is COc1cc([N+](=O)[O-])ccc1C(O)C(O)CCSC(C)=O. The molecular weight excluding hydrogens is 298 g/mol. The molecule has 21 heavy (non-hydrogen) atoms. The normalized spacial score (nSPS) is 13.5. The van der Waals surface area contributed by atoms with Gasteiger partial charge in [0.2, 0.25) is 0 Å². The van der Waals surface area contributed by atoms with E-state index in [-0.39, 0.29) is 28.5 Å². The van der Waals surface area contributed by atoms with Crippen molar-refractivity contribution in [3.63, 3.8) is 0 Å². The van der Waals surface area contributed by atoms with Crippen LogP contribution in [-0.2, 0) is 4.79 Å². The van der Waals surface area contributed by atoms with Gasteiger partial charge in [-0.05, 0) is 12.5 Å². The van der Waals surface area contributed by atoms with Crippen molar-refractivity contribution in [2.75, 3.05) is 12.9 Å². The number of thioether (sulfide) groups is 1. The Bertz CT molecular complexity index is 521. The van der Waals surface area contributed by atoms with E-state index in [0.717, 1.165) is 11.8 Å². The number of aliphatic hydroxyl groups is 2. The molecule has 1 aromatic rings. The zero-order chi connectivity index (χ0) is 16.0. The number of nitro groups is 1. The number of non-ortho nitro benzene ring substituents is 1. The minimum absolute atomic E-state index is 0.0652. The maximum Gasteiger partial charge on any atom is 0.273 e. The molecule has 0 aliphatic rings. The second-order valence-corrected chi connectivity index (χ2v) is 5.60. The highest BCUT2D eigenvalue weighted by Gasteiger charge is 2.23. The molecule has 1 aromatic carbocycles. The van der Waals surface area contributed by atoms with Crippen LogP contribution >= 0.6 is 11.8 Å². The maximum atomic E-state index is 10.8. The lowest BCUT2D eigenvalue weighted by molar-refractivity contribution is -0.385. The molecule has 2 unspecified atom stereocenters. The molecule has 7 nitrogen and oxygen atoms in total. The highest BCUT2D eigenvalue weighted by Crippen LogP contribution is 2.32. The van der Waals surface area contributed by atoms with Crippen LogP contribution in [0.25, 0.3) is 0 Å². The smallest absolute Gasteiger partial charge is 0.273 e. The molecule has 0 saturated carbocycles. The minimum Gasteiger partial charge on any atom is -0.496 e. The number of nitro benzene ring substituents is 1. The molecule has 0 saturated heterocycles. The number of methoxy groups -OCH3 is 1. The minimum atomic E-state index is -1.24. The van der Waals surface area contributed by atoms with Gasteiger partial charge < -0.3 is 14.9 Å². The Kier molecular flexibility index (Phi) is 6.60. The van der Waals surface area contributed by atoms with Crippen molar-refractivity contribution in [2.24, 2.45) is 0 Å². The molecule has 116 valence electrons. The molecule has 0 aliphatic heterocycles. The fourth-order valence-corrected chi connectivity index (χ4v) is 2.39. The quantitative estimate of drug-likeness (QED) is 0.581. The number of carbonyl (C=O) groups is 1. The van der Waals surface area contributed by atoms with Crippen LogP contribution in [0, 0.1) is 10.1 Å². The predicted octanol–water partition coefficient (Wildman–Crippen LogP) is 1.67. The van der Waals surface area contributed by atoms with Gasteiger partial charge in [-0.15, -0.1) is 0 Å². The van der Waals surface area contributed by atoms with Crippen LogP contribution in [0.1, 0.15) is 25.0 Å². The van der Waals surface area contributed by atoms with Gasteiger partial charge in [0.25, 0.3) is 5.69 Å². The highest BCUT2D eigenvalue weighted by molar-refractivity contribution is 8.13. The first-order chi connectivity index (χ1) is 9.86. The monoisotopic (exact) mass is 315 g/mol. The summed E-state index contributed by atoms with van der Waals surface area (Å²) in [6, 6.07) is 3.77. The third-order valence-electron chi connectivity index (χ3n) is 2.83. The summed E-state index contributed by atoms with van der Waals surface area (Å²) < 4.78 is 5.02. The molecule has 2 N–H and O–H groups in total. The van der Waals surface area contributed by atoms with Crippen LogP contribution in [0.15, 0.2) is 18.2 Å². The second kappa shape index (κ2) is 7.96. The average Bonchev–Trinajstić information content (AvgIpc) is 2.45. The van der Waals surface area contributed by atoms with Gasteiger partial charge in [0, 0.05) is 24.3 Å². The Labute approximate surface area is 126 Å². The van der Waals surface area contributed by atoms with Gasteiger partial charge in [-0.25, -0.2) is 0 Å². The molecule has 2 atom stereocenters. The van der Waals surface area contributed by atoms with E-state index in [2.05, 4.69) is 0 Å². The van der Waals surface area contributed by atoms with Crippen LogP contribution in [0.2, 0.25) is 0 Å². The van der Waals surface area contributed by atoms with E-state index in [1.54, 1.807) is 0 Å². The molecule has 0 aromatic heterocycles. The maximum absolute atomic E-state index is 10.8. The zero-order valence-electron chi connectivity index (χ0n) is 11.7. The molecule has 0 radical (unpaired) electrons. The van der Waals surface area contributed by atoms with Crippen molar-refractivity contribution in [3.05, 3.63) is 33.9 Å². The average molecular weight is 315 g/mol. The number of benzene rings is 1. The zero-order valence-corrected chi connectivity index (χ0v) is 12.5. The van der Waals surface area contributed by atoms with Crippen LogP contribution in [0.5, 0.6) is 5.75 Å². The third kappa shape index (κ3) is 5.00. The largest absolute Gasteiger partial charge is 0.496 e. The van der Waals surface area contributed by atoms with Crippen molar-refractivity contribution in [1.29, 1.82) is 0 Å². The summed E-state index contributed by atoms with van der Waals surface area (Å²) in [6.07, 6.45) is -2.12. The highest BCUT2D eigenvalue weighted by atomic mass is 32.2. The van der Waals surface area contributed by atoms with Crippen molar-refractivity contribution >= 4 is 22.6 Å². The van der Waals surface area contributed by atoms with Crippen molar-refractivity contribution in [3.8, 4) is 5.75 Å². The topological polar surface area (TPSA) is 110 Å². The summed E-state index contributed by atoms with van der Waals surface area (Å²) in [7, 11) is 1.33. The molecule has 0 aliphatic carbocycles. The number of aliphatic hydroxyl groups excluding tert-OH is 2. The number of carbonyl (C=O) groups excluding carboxylic acids is 1. The van der Waals surface area contributed by atoms with Crippen LogP contribution in [0.4, 0.5) is 5.69 Å². The Morgan fingerprint density at radius 2 is 2.14 bits per heavy atom. The number of hydrogen-bond acceptors (Lipinski definition) is 7. The van der Waals surface area contributed by atoms with E-state index in [1.165, 1.54) is 32.2 Å². The van der Waals surface area contributed by atoms with Gasteiger partial charge in [0.1, 0.15) is 11.9 Å². The van der Waals surface area contributed by atoms with Crippen molar-refractivity contribution < 1.29 is 24.7 Å². The fourth-order valence-electron chi connectivity index (χ4n) is 1.75. The van der Waals surface area contributed by atoms with E-state index in [1.807, 2.05) is 0 Å². The van der Waals surface area contributed by atoms with E-state index in [4.69, 9.17) is 4.74 Å². The summed E-state index contributed by atoms with van der Waals surface area (Å²) in [5.74, 6) is 0.512. The van der Waals surface area contributed by atoms with Gasteiger partial charge in [-0.2, -0.15) is 0 Å². The van der Waals surface area contributed by atoms with Crippen LogP contribution < -0.4 is 4.74 Å². The van der Waals surface area contributed by atoms with E-state index in [0.29, 0.717) is 5.75 Å². The molecule has 0 bridgehead atoms. The summed E-state index contributed by atoms with van der Waals surface area (Å²) in [5, 5.41) is 30.6. The fraction of sp³-hybridized carbons (Fsp3) is 0.462. The molecule has 8 heteroatoms. The summed E-state index contributed by atoms with van der Waals surface area (Å²) in [4.78, 5) is 20.9. The van der Waals surface area contributed by atoms with E-state index >= 15 is 0 Å². The van der Waals surface area contributed by atoms with Crippen molar-refractivity contribution in [1.82, 2.24) is 0 Å². The Balaban J connectivity index is 2.83. The van der Waals surface area contributed by atoms with Crippen LogP contribution in [0.3, 0.4) is 0 Å². The predicted molar refractivity (Wildman–Crippen MR) is 78.4 cm³/mol. The number of ether oxygens (including phenoxy) is 1. The molecule has 0 spiro atoms. The van der Waals surface area contributed by atoms with Gasteiger partial charge in [0.05, 0.1) is 24.2 Å². The molecule has 0 fully saturated rings. The van der Waals surface area contributed by atoms with Gasteiger partial charge >= 0.3 is 0 Å². The first kappa shape index (κ1) is 17.4. The van der Waals surface area contributed by atoms with Crippen LogP contribution in [-0.4, -0.2) is 39.2 Å². The molecule has 1 rings (SSSR count). The lowest BCUT2D eigenvalue weighted by Crippen LogP contribution is -2.20. The first-order valence-corrected chi connectivity index (χ1v) is 7.17. The summed E-state index contributed by atoms with van der Waals surface area (Å²) >= 11 is 1.06. The lowest BCUT2D eigenvalue weighted by atomic mass is 10.0. The Hall–Kier alpha value is -1.64. The van der Waals surface area contributed by atoms with E-state index < -0.39 is 17.1 Å². The van der Waals surface area contributed by atoms with Gasteiger partial charge in [-0.1, -0.05) is 11.8 Å². The third-order valence-corrected chi connectivity index (χ3v) is 3.68. The van der Waals surface area contributed by atoms with Gasteiger partial charge in [0.15, 0.2) is 5.12 Å². The van der Waals surface area contributed by atoms with E-state index in [9.17, 15) is 25.1 Å². The Morgan fingerprint density at radius 3 is 2.67 bits per heavy atom. The molecule has 0 heterocycles. The first-order valence-electron chi connectivity index (χ1n) is 6.18. The number of nitrogens with zero attached hydrogens (tertiary/aromatic N) is 1. The van der Waals surface area contributed by atoms with Crippen molar-refractivity contribution in [2.45, 2.75) is 25.6 Å². The lowest BCUT2D eigenvalue weighted by Gasteiger charge is -2.19. The molecule has 0 amide bonds.